The molecule has 1 rings (SSSR count). The summed E-state index contributed by atoms with van der Waals surface area (Å²) < 4.78 is 12.1. The van der Waals surface area contributed by atoms with E-state index in [4.69, 9.17) is 5.73 Å². The highest BCUT2D eigenvalue weighted by molar-refractivity contribution is 8.93. The van der Waals surface area contributed by atoms with Gasteiger partial charge >= 0.3 is 5.69 Å². The van der Waals surface area contributed by atoms with Gasteiger partial charge in [-0.15, -0.1) is 17.0 Å². The van der Waals surface area contributed by atoms with Crippen LogP contribution in [0.2, 0.25) is 0 Å². The van der Waals surface area contributed by atoms with Crippen LogP contribution in [0.1, 0.15) is 0 Å². The highest BCUT2D eigenvalue weighted by Crippen LogP contribution is 1.96. The Kier molecular flexibility index (Phi) is 3.01. The lowest BCUT2D eigenvalue weighted by Crippen LogP contribution is -2.12. The molecule has 10 heavy (non-hydrogen) atoms. The van der Waals surface area contributed by atoms with Crippen molar-refractivity contribution < 1.29 is 4.39 Å². The molecule has 1 aromatic rings. The second kappa shape index (κ2) is 3.31. The van der Waals surface area contributed by atoms with Crippen molar-refractivity contribution in [3.05, 3.63) is 22.5 Å². The average molecular weight is 210 g/mol. The van der Waals surface area contributed by atoms with E-state index in [-0.39, 0.29) is 22.8 Å². The molecule has 0 saturated heterocycles. The fourth-order valence-corrected chi connectivity index (χ4v) is 0.392. The number of aromatic nitrogens is 2. The quantitative estimate of drug-likeness (QED) is 0.636. The van der Waals surface area contributed by atoms with E-state index in [9.17, 15) is 9.18 Å². The van der Waals surface area contributed by atoms with Gasteiger partial charge in [0.05, 0.1) is 6.20 Å². The SMILES string of the molecule is Br.Nc1[nH]c(=O)ncc1F. The molecule has 0 aliphatic rings. The zero-order chi connectivity index (χ0) is 6.85. The highest BCUT2D eigenvalue weighted by Gasteiger charge is 1.95. The van der Waals surface area contributed by atoms with Gasteiger partial charge in [-0.2, -0.15) is 4.98 Å². The van der Waals surface area contributed by atoms with Crippen LogP contribution >= 0.6 is 17.0 Å². The van der Waals surface area contributed by atoms with E-state index in [0.717, 1.165) is 6.20 Å². The van der Waals surface area contributed by atoms with Gasteiger partial charge < -0.3 is 5.73 Å². The summed E-state index contributed by atoms with van der Waals surface area (Å²) in [5, 5.41) is 0. The standard InChI is InChI=1S/C4H4FN3O.BrH/c5-2-1-7-4(9)8-3(2)6;/h1H,(H3,6,7,8,9);1H. The van der Waals surface area contributed by atoms with E-state index in [2.05, 4.69) is 4.98 Å². The van der Waals surface area contributed by atoms with E-state index >= 15 is 0 Å². The van der Waals surface area contributed by atoms with Crippen LogP contribution in [0.5, 0.6) is 0 Å². The van der Waals surface area contributed by atoms with E-state index in [1.807, 2.05) is 4.98 Å². The zero-order valence-corrected chi connectivity index (χ0v) is 6.51. The molecule has 0 unspecified atom stereocenters. The zero-order valence-electron chi connectivity index (χ0n) is 4.80. The van der Waals surface area contributed by atoms with E-state index in [0.29, 0.717) is 0 Å². The van der Waals surface area contributed by atoms with Crippen molar-refractivity contribution in [2.45, 2.75) is 0 Å². The van der Waals surface area contributed by atoms with Crippen LogP contribution in [-0.2, 0) is 0 Å². The molecule has 0 aliphatic carbocycles. The number of hydrogen-bond acceptors (Lipinski definition) is 3. The summed E-state index contributed by atoms with van der Waals surface area (Å²) in [6.45, 7) is 0. The molecule has 4 nitrogen and oxygen atoms in total. The number of nitrogens with two attached hydrogens (primary N) is 1. The van der Waals surface area contributed by atoms with Gasteiger partial charge in [-0.3, -0.25) is 4.98 Å². The Morgan fingerprint density at radius 3 is 2.70 bits per heavy atom. The molecule has 0 aliphatic heterocycles. The van der Waals surface area contributed by atoms with Crippen LogP contribution in [0, 0.1) is 5.82 Å². The molecule has 1 aromatic heterocycles. The number of halogens is 2. The molecule has 0 bridgehead atoms. The molecule has 0 fully saturated rings. The third-order valence-electron chi connectivity index (χ3n) is 0.794. The highest BCUT2D eigenvalue weighted by atomic mass is 79.9. The number of nitrogens with zero attached hydrogens (tertiary/aromatic N) is 1. The summed E-state index contributed by atoms with van der Waals surface area (Å²) in [4.78, 5) is 15.3. The number of anilines is 1. The molecule has 3 N–H and O–H groups in total. The lowest BCUT2D eigenvalue weighted by atomic mass is 10.6. The Bertz CT molecular complexity index is 273. The van der Waals surface area contributed by atoms with Gasteiger partial charge in [-0.1, -0.05) is 0 Å². The Hall–Kier alpha value is -0.910. The van der Waals surface area contributed by atoms with Crippen molar-refractivity contribution in [1.29, 1.82) is 0 Å². The lowest BCUT2D eigenvalue weighted by molar-refractivity contribution is 0.617. The first-order chi connectivity index (χ1) is 4.20. The maximum atomic E-state index is 12.1. The predicted octanol–water partition coefficient (Wildman–Crippen LogP) is 0.0691. The number of nitrogen functional groups attached to an aromatic ring is 1. The minimum absolute atomic E-state index is 0. The summed E-state index contributed by atoms with van der Waals surface area (Å²) in [6.07, 6.45) is 0.772. The molecule has 6 heteroatoms. The van der Waals surface area contributed by atoms with E-state index < -0.39 is 11.5 Å². The lowest BCUT2D eigenvalue weighted by Gasteiger charge is -1.89. The first-order valence-corrected chi connectivity index (χ1v) is 2.20. The van der Waals surface area contributed by atoms with Crippen molar-refractivity contribution in [1.82, 2.24) is 9.97 Å². The van der Waals surface area contributed by atoms with Gasteiger partial charge in [0.25, 0.3) is 0 Å². The topological polar surface area (TPSA) is 71.8 Å². The van der Waals surface area contributed by atoms with Gasteiger partial charge in [-0.05, 0) is 0 Å². The Morgan fingerprint density at radius 1 is 1.70 bits per heavy atom. The van der Waals surface area contributed by atoms with Gasteiger partial charge in [0.2, 0.25) is 0 Å². The summed E-state index contributed by atoms with van der Waals surface area (Å²) in [7, 11) is 0. The second-order valence-electron chi connectivity index (χ2n) is 1.45. The maximum Gasteiger partial charge on any atom is 0.346 e. The predicted molar refractivity (Wildman–Crippen MR) is 39.6 cm³/mol. The molecule has 0 aromatic carbocycles. The summed E-state index contributed by atoms with van der Waals surface area (Å²) >= 11 is 0. The van der Waals surface area contributed by atoms with Crippen molar-refractivity contribution in [3.8, 4) is 0 Å². The molecule has 0 atom stereocenters. The Morgan fingerprint density at radius 2 is 2.30 bits per heavy atom. The Labute approximate surface area is 66.1 Å². The molecular weight excluding hydrogens is 205 g/mol. The van der Waals surface area contributed by atoms with Crippen LogP contribution in [0.3, 0.4) is 0 Å². The number of rotatable bonds is 0. The maximum absolute atomic E-state index is 12.1. The number of aromatic amines is 1. The Balaban J connectivity index is 0.000000810. The molecule has 0 radical (unpaired) electrons. The van der Waals surface area contributed by atoms with Gasteiger partial charge in [0, 0.05) is 0 Å². The summed E-state index contributed by atoms with van der Waals surface area (Å²) in [6, 6.07) is 0. The van der Waals surface area contributed by atoms with E-state index in [1.165, 1.54) is 0 Å². The molecular formula is C4H5BrFN3O. The first-order valence-electron chi connectivity index (χ1n) is 2.20. The van der Waals surface area contributed by atoms with Gasteiger partial charge in [0.1, 0.15) is 5.82 Å². The average Bonchev–Trinajstić information content (AvgIpc) is 1.80. The number of H-pyrrole nitrogens is 1. The molecule has 56 valence electrons. The normalized spacial score (nSPS) is 8.50. The van der Waals surface area contributed by atoms with Crippen molar-refractivity contribution in [3.63, 3.8) is 0 Å². The molecule has 0 amide bonds. The summed E-state index contributed by atoms with van der Waals surface area (Å²) in [5.74, 6) is -0.996. The van der Waals surface area contributed by atoms with Crippen molar-refractivity contribution in [2.24, 2.45) is 0 Å². The van der Waals surface area contributed by atoms with Crippen molar-refractivity contribution in [2.75, 3.05) is 5.73 Å². The smallest absolute Gasteiger partial charge is 0.346 e. The minimum Gasteiger partial charge on any atom is -0.383 e. The third kappa shape index (κ3) is 1.80. The van der Waals surface area contributed by atoms with Crippen molar-refractivity contribution >= 4 is 22.8 Å². The first kappa shape index (κ1) is 9.09. The monoisotopic (exact) mass is 209 g/mol. The van der Waals surface area contributed by atoms with Gasteiger partial charge in [-0.25, -0.2) is 9.18 Å². The summed E-state index contributed by atoms with van der Waals surface area (Å²) in [5.41, 5.74) is 4.31. The van der Waals surface area contributed by atoms with Crippen LogP contribution in [0.4, 0.5) is 10.2 Å². The number of nitrogens with one attached hydrogen (secondary N) is 1. The number of hydrogen-bond donors (Lipinski definition) is 2. The fraction of sp³-hybridized carbons (Fsp3) is 0. The van der Waals surface area contributed by atoms with E-state index in [1.54, 1.807) is 0 Å². The largest absolute Gasteiger partial charge is 0.383 e. The van der Waals surface area contributed by atoms with Crippen LogP contribution in [0.25, 0.3) is 0 Å². The molecule has 0 spiro atoms. The van der Waals surface area contributed by atoms with Crippen LogP contribution in [-0.4, -0.2) is 9.97 Å². The van der Waals surface area contributed by atoms with Crippen LogP contribution < -0.4 is 11.4 Å². The van der Waals surface area contributed by atoms with Gasteiger partial charge in [0.15, 0.2) is 5.82 Å². The molecule has 1 heterocycles. The third-order valence-corrected chi connectivity index (χ3v) is 0.794. The van der Waals surface area contributed by atoms with Crippen LogP contribution in [0.15, 0.2) is 11.0 Å². The minimum atomic E-state index is -0.713. The fourth-order valence-electron chi connectivity index (χ4n) is 0.392. The second-order valence-corrected chi connectivity index (χ2v) is 1.45. The molecule has 0 saturated carbocycles.